The Hall–Kier alpha value is -1.60. The lowest BCUT2D eigenvalue weighted by molar-refractivity contribution is 0.00820. The topological polar surface area (TPSA) is 66.7 Å². The van der Waals surface area contributed by atoms with Crippen LogP contribution in [0.5, 0.6) is 0 Å². The third kappa shape index (κ3) is 5.26. The number of nitrogens with zero attached hydrogens (tertiary/aromatic N) is 4. The molecular weight excluding hydrogens is 352 g/mol. The quantitative estimate of drug-likeness (QED) is 0.574. The summed E-state index contributed by atoms with van der Waals surface area (Å²) in [4.78, 5) is 7.06. The molecule has 2 N–H and O–H groups in total. The highest BCUT2D eigenvalue weighted by molar-refractivity contribution is 5.79. The molecule has 1 saturated heterocycles. The predicted octanol–water partition coefficient (Wildman–Crippen LogP) is 1.98. The molecule has 0 spiro atoms. The van der Waals surface area contributed by atoms with E-state index in [-0.39, 0.29) is 0 Å². The fourth-order valence-electron chi connectivity index (χ4n) is 4.66. The van der Waals surface area contributed by atoms with Gasteiger partial charge in [0.15, 0.2) is 5.96 Å². The van der Waals surface area contributed by atoms with Gasteiger partial charge in [-0.1, -0.05) is 19.3 Å². The van der Waals surface area contributed by atoms with E-state index in [9.17, 15) is 0 Å². The predicted molar refractivity (Wildman–Crippen MR) is 114 cm³/mol. The minimum atomic E-state index is 0.341. The Kier molecular flexibility index (Phi) is 7.35. The molecular formula is C21H38N6O. The molecule has 2 fully saturated rings. The van der Waals surface area contributed by atoms with Gasteiger partial charge in [-0.05, 0) is 26.7 Å². The van der Waals surface area contributed by atoms with Crippen LogP contribution in [0.1, 0.15) is 49.1 Å². The van der Waals surface area contributed by atoms with E-state index in [2.05, 4.69) is 39.5 Å². The Balaban J connectivity index is 1.57. The van der Waals surface area contributed by atoms with Gasteiger partial charge in [-0.2, -0.15) is 5.10 Å². The molecule has 3 rings (SSSR count). The maximum absolute atomic E-state index is 5.54. The van der Waals surface area contributed by atoms with Crippen LogP contribution in [0.15, 0.2) is 4.99 Å². The summed E-state index contributed by atoms with van der Waals surface area (Å²) in [5.41, 5.74) is 3.88. The van der Waals surface area contributed by atoms with Gasteiger partial charge in [0.1, 0.15) is 0 Å². The summed E-state index contributed by atoms with van der Waals surface area (Å²) in [6.07, 6.45) is 6.65. The first kappa shape index (κ1) is 21.1. The van der Waals surface area contributed by atoms with Crippen LogP contribution in [-0.4, -0.2) is 67.1 Å². The van der Waals surface area contributed by atoms with Crippen LogP contribution in [0.3, 0.4) is 0 Å². The Morgan fingerprint density at radius 1 is 1.14 bits per heavy atom. The van der Waals surface area contributed by atoms with Gasteiger partial charge in [0, 0.05) is 63.5 Å². The monoisotopic (exact) mass is 390 g/mol. The number of hydrogen-bond donors (Lipinski definition) is 2. The standard InChI is InChI=1S/C21H38N6O/c1-17-19(18(2)26(4)25-17)14-23-20(22-3)24-15-21(8-6-5-7-9-21)16-27-10-12-28-13-11-27/h5-16H2,1-4H3,(H2,22,23,24). The van der Waals surface area contributed by atoms with Crippen LogP contribution in [-0.2, 0) is 18.3 Å². The van der Waals surface area contributed by atoms with Crippen molar-refractivity contribution in [1.82, 2.24) is 25.3 Å². The number of aryl methyl sites for hydroxylation is 2. The van der Waals surface area contributed by atoms with Gasteiger partial charge in [0.25, 0.3) is 0 Å². The second-order valence-electron chi connectivity index (χ2n) is 8.50. The normalized spacial score (nSPS) is 20.9. The Morgan fingerprint density at radius 2 is 1.86 bits per heavy atom. The van der Waals surface area contributed by atoms with Crippen LogP contribution < -0.4 is 10.6 Å². The number of aromatic nitrogens is 2. The van der Waals surface area contributed by atoms with Crippen molar-refractivity contribution >= 4 is 5.96 Å². The lowest BCUT2D eigenvalue weighted by Crippen LogP contribution is -2.51. The van der Waals surface area contributed by atoms with E-state index in [1.54, 1.807) is 0 Å². The Bertz CT molecular complexity index is 656. The number of ether oxygens (including phenoxy) is 1. The molecule has 1 aliphatic carbocycles. The maximum atomic E-state index is 5.54. The van der Waals surface area contributed by atoms with E-state index in [1.807, 2.05) is 18.8 Å². The number of morpholine rings is 1. The van der Waals surface area contributed by atoms with Crippen LogP contribution in [0.4, 0.5) is 0 Å². The van der Waals surface area contributed by atoms with Crippen LogP contribution in [0, 0.1) is 19.3 Å². The molecule has 2 aliphatic rings. The summed E-state index contributed by atoms with van der Waals surface area (Å²) in [5.74, 6) is 0.884. The van der Waals surface area contributed by atoms with Crippen molar-refractivity contribution in [3.8, 4) is 0 Å². The highest BCUT2D eigenvalue weighted by Gasteiger charge is 2.34. The van der Waals surface area contributed by atoms with Crippen molar-refractivity contribution in [3.05, 3.63) is 17.0 Å². The first-order valence-corrected chi connectivity index (χ1v) is 10.8. The number of nitrogens with one attached hydrogen (secondary N) is 2. The van der Waals surface area contributed by atoms with Gasteiger partial charge in [-0.15, -0.1) is 0 Å². The summed E-state index contributed by atoms with van der Waals surface area (Å²) in [6.45, 7) is 11.0. The second-order valence-corrected chi connectivity index (χ2v) is 8.50. The molecule has 0 bridgehead atoms. The zero-order valence-electron chi connectivity index (χ0n) is 18.2. The van der Waals surface area contributed by atoms with Gasteiger partial charge in [0.05, 0.1) is 18.9 Å². The van der Waals surface area contributed by atoms with E-state index in [0.29, 0.717) is 5.41 Å². The lowest BCUT2D eigenvalue weighted by atomic mass is 9.73. The molecule has 1 aromatic heterocycles. The van der Waals surface area contributed by atoms with Gasteiger partial charge in [-0.25, -0.2) is 0 Å². The SMILES string of the molecule is CN=C(NCc1c(C)nn(C)c1C)NCC1(CN2CCOCC2)CCCCC1. The lowest BCUT2D eigenvalue weighted by Gasteiger charge is -2.42. The van der Waals surface area contributed by atoms with Crippen molar-refractivity contribution in [2.24, 2.45) is 17.5 Å². The average molecular weight is 391 g/mol. The van der Waals surface area contributed by atoms with E-state index < -0.39 is 0 Å². The number of guanidine groups is 1. The summed E-state index contributed by atoms with van der Waals surface area (Å²) in [7, 11) is 3.85. The molecule has 0 atom stereocenters. The van der Waals surface area contributed by atoms with E-state index in [4.69, 9.17) is 4.74 Å². The molecule has 1 aliphatic heterocycles. The number of hydrogen-bond acceptors (Lipinski definition) is 4. The molecule has 7 nitrogen and oxygen atoms in total. The molecule has 7 heteroatoms. The van der Waals surface area contributed by atoms with Crippen molar-refractivity contribution < 1.29 is 4.74 Å². The van der Waals surface area contributed by atoms with Crippen molar-refractivity contribution in [3.63, 3.8) is 0 Å². The van der Waals surface area contributed by atoms with Crippen molar-refractivity contribution in [1.29, 1.82) is 0 Å². The zero-order chi connectivity index (χ0) is 20.0. The molecule has 0 aromatic carbocycles. The summed E-state index contributed by atoms with van der Waals surface area (Å²) in [6, 6.07) is 0. The summed E-state index contributed by atoms with van der Waals surface area (Å²) >= 11 is 0. The van der Waals surface area contributed by atoms with Crippen LogP contribution >= 0.6 is 0 Å². The largest absolute Gasteiger partial charge is 0.379 e. The minimum absolute atomic E-state index is 0.341. The van der Waals surface area contributed by atoms with Gasteiger partial charge >= 0.3 is 0 Å². The summed E-state index contributed by atoms with van der Waals surface area (Å²) in [5, 5.41) is 11.6. The molecule has 158 valence electrons. The van der Waals surface area contributed by atoms with Gasteiger partial charge in [0.2, 0.25) is 0 Å². The first-order valence-electron chi connectivity index (χ1n) is 10.8. The van der Waals surface area contributed by atoms with Gasteiger partial charge in [-0.3, -0.25) is 14.6 Å². The Morgan fingerprint density at radius 3 is 2.46 bits per heavy atom. The minimum Gasteiger partial charge on any atom is -0.379 e. The molecule has 28 heavy (non-hydrogen) atoms. The zero-order valence-corrected chi connectivity index (χ0v) is 18.2. The molecule has 1 saturated carbocycles. The van der Waals surface area contributed by atoms with Crippen LogP contribution in [0.25, 0.3) is 0 Å². The molecule has 0 radical (unpaired) electrons. The second kappa shape index (κ2) is 9.74. The van der Waals surface area contributed by atoms with Crippen LogP contribution in [0.2, 0.25) is 0 Å². The highest BCUT2D eigenvalue weighted by atomic mass is 16.5. The van der Waals surface area contributed by atoms with E-state index in [0.717, 1.165) is 51.0 Å². The Labute approximate surface area is 169 Å². The molecule has 1 aromatic rings. The van der Waals surface area contributed by atoms with Crippen molar-refractivity contribution in [2.45, 2.75) is 52.5 Å². The highest BCUT2D eigenvalue weighted by Crippen LogP contribution is 2.36. The molecule has 0 amide bonds. The fraction of sp³-hybridized carbons (Fsp3) is 0.810. The third-order valence-electron chi connectivity index (χ3n) is 6.52. The first-order chi connectivity index (χ1) is 13.5. The number of rotatable bonds is 6. The molecule has 2 heterocycles. The number of aliphatic imine (C=N–C) groups is 1. The third-order valence-corrected chi connectivity index (χ3v) is 6.52. The average Bonchev–Trinajstić information content (AvgIpc) is 2.95. The fourth-order valence-corrected chi connectivity index (χ4v) is 4.66. The summed E-state index contributed by atoms with van der Waals surface area (Å²) < 4.78 is 7.49. The van der Waals surface area contributed by atoms with E-state index >= 15 is 0 Å². The molecule has 0 unspecified atom stereocenters. The van der Waals surface area contributed by atoms with Crippen molar-refractivity contribution in [2.75, 3.05) is 46.4 Å². The smallest absolute Gasteiger partial charge is 0.191 e. The maximum Gasteiger partial charge on any atom is 0.191 e. The van der Waals surface area contributed by atoms with E-state index in [1.165, 1.54) is 49.9 Å². The van der Waals surface area contributed by atoms with Gasteiger partial charge < -0.3 is 15.4 Å².